The van der Waals surface area contributed by atoms with Crippen LogP contribution in [0, 0.1) is 0 Å². The molecule has 6 heteroatoms. The topological polar surface area (TPSA) is 39.7 Å². The summed E-state index contributed by atoms with van der Waals surface area (Å²) in [6, 6.07) is 13.2. The minimum atomic E-state index is 0. The van der Waals surface area contributed by atoms with Gasteiger partial charge in [0.1, 0.15) is 0 Å². The Labute approximate surface area is 184 Å². The smallest absolute Gasteiger partial charge is 0.191 e. The lowest BCUT2D eigenvalue weighted by Crippen LogP contribution is -2.36. The zero-order valence-electron chi connectivity index (χ0n) is 16.1. The lowest BCUT2D eigenvalue weighted by Gasteiger charge is -2.26. The fraction of sp³-hybridized carbons (Fsp3) is 0.476. The van der Waals surface area contributed by atoms with Crippen molar-refractivity contribution in [3.63, 3.8) is 0 Å². The summed E-state index contributed by atoms with van der Waals surface area (Å²) in [6.07, 6.45) is 4.08. The lowest BCUT2D eigenvalue weighted by molar-refractivity contribution is 0.221. The summed E-state index contributed by atoms with van der Waals surface area (Å²) >= 11 is 1.76. The number of thiophene rings is 1. The van der Waals surface area contributed by atoms with Crippen LogP contribution in [0.1, 0.15) is 42.2 Å². The maximum atomic E-state index is 4.72. The van der Waals surface area contributed by atoms with Crippen molar-refractivity contribution in [1.29, 1.82) is 0 Å². The lowest BCUT2D eigenvalue weighted by atomic mass is 10.1. The Morgan fingerprint density at radius 1 is 1.04 bits per heavy atom. The summed E-state index contributed by atoms with van der Waals surface area (Å²) in [4.78, 5) is 8.60. The summed E-state index contributed by atoms with van der Waals surface area (Å²) in [6.45, 7) is 8.04. The van der Waals surface area contributed by atoms with Gasteiger partial charge >= 0.3 is 0 Å². The first-order valence-electron chi connectivity index (χ1n) is 9.68. The highest BCUT2D eigenvalue weighted by atomic mass is 127. The third kappa shape index (κ3) is 7.79. The van der Waals surface area contributed by atoms with Gasteiger partial charge in [0.15, 0.2) is 5.96 Å². The predicted octanol–water partition coefficient (Wildman–Crippen LogP) is 4.61. The van der Waals surface area contributed by atoms with Gasteiger partial charge in [-0.05, 0) is 55.4 Å². The number of piperidine rings is 1. The molecule has 3 rings (SSSR count). The van der Waals surface area contributed by atoms with E-state index in [0.717, 1.165) is 25.6 Å². The third-order valence-corrected chi connectivity index (χ3v) is 5.53. The number of aliphatic imine (C=N–C) groups is 1. The molecule has 4 nitrogen and oxygen atoms in total. The molecule has 0 saturated carbocycles. The van der Waals surface area contributed by atoms with Gasteiger partial charge in [-0.2, -0.15) is 0 Å². The van der Waals surface area contributed by atoms with Crippen LogP contribution in [-0.4, -0.2) is 30.5 Å². The molecule has 1 aliphatic heterocycles. The first-order valence-corrected chi connectivity index (χ1v) is 10.6. The molecular formula is C21H31IN4S. The van der Waals surface area contributed by atoms with Crippen LogP contribution >= 0.6 is 35.3 Å². The number of rotatable bonds is 7. The third-order valence-electron chi connectivity index (χ3n) is 4.65. The van der Waals surface area contributed by atoms with Crippen LogP contribution in [0.2, 0.25) is 0 Å². The Hall–Kier alpha value is -1.12. The van der Waals surface area contributed by atoms with Crippen LogP contribution in [0.4, 0.5) is 0 Å². The second-order valence-electron chi connectivity index (χ2n) is 6.78. The zero-order chi connectivity index (χ0) is 18.0. The van der Waals surface area contributed by atoms with E-state index >= 15 is 0 Å². The van der Waals surface area contributed by atoms with E-state index in [2.05, 4.69) is 64.2 Å². The van der Waals surface area contributed by atoms with Crippen LogP contribution in [0.25, 0.3) is 0 Å². The molecule has 0 unspecified atom stereocenters. The Morgan fingerprint density at radius 2 is 1.78 bits per heavy atom. The quantitative estimate of drug-likeness (QED) is 0.333. The Morgan fingerprint density at radius 3 is 2.44 bits per heavy atom. The van der Waals surface area contributed by atoms with Gasteiger partial charge in [0, 0.05) is 18.0 Å². The summed E-state index contributed by atoms with van der Waals surface area (Å²) in [7, 11) is 0. The van der Waals surface area contributed by atoms with Gasteiger partial charge in [-0.1, -0.05) is 36.8 Å². The van der Waals surface area contributed by atoms with E-state index in [0.29, 0.717) is 6.54 Å². The van der Waals surface area contributed by atoms with E-state index in [1.807, 2.05) is 0 Å². The monoisotopic (exact) mass is 498 g/mol. The van der Waals surface area contributed by atoms with Crippen molar-refractivity contribution in [2.24, 2.45) is 4.99 Å². The Bertz CT molecular complexity index is 664. The average molecular weight is 498 g/mol. The van der Waals surface area contributed by atoms with Crippen molar-refractivity contribution in [2.45, 2.75) is 45.8 Å². The fourth-order valence-electron chi connectivity index (χ4n) is 3.22. The molecular weight excluding hydrogens is 467 g/mol. The Balaban J connectivity index is 0.00000261. The average Bonchev–Trinajstić information content (AvgIpc) is 3.20. The van der Waals surface area contributed by atoms with E-state index in [1.165, 1.54) is 48.4 Å². The van der Waals surface area contributed by atoms with Crippen molar-refractivity contribution >= 4 is 41.3 Å². The summed E-state index contributed by atoms with van der Waals surface area (Å²) < 4.78 is 0. The van der Waals surface area contributed by atoms with Gasteiger partial charge < -0.3 is 10.6 Å². The molecule has 0 aliphatic carbocycles. The molecule has 27 heavy (non-hydrogen) atoms. The predicted molar refractivity (Wildman–Crippen MR) is 127 cm³/mol. The van der Waals surface area contributed by atoms with E-state index in [9.17, 15) is 0 Å². The van der Waals surface area contributed by atoms with Crippen molar-refractivity contribution in [1.82, 2.24) is 15.5 Å². The molecule has 2 N–H and O–H groups in total. The van der Waals surface area contributed by atoms with Crippen LogP contribution in [0.3, 0.4) is 0 Å². The van der Waals surface area contributed by atoms with Gasteiger partial charge in [-0.15, -0.1) is 35.3 Å². The van der Waals surface area contributed by atoms with E-state index in [4.69, 9.17) is 4.99 Å². The van der Waals surface area contributed by atoms with Crippen LogP contribution in [-0.2, 0) is 19.6 Å². The molecule has 0 spiro atoms. The molecule has 1 saturated heterocycles. The molecule has 1 fully saturated rings. The molecule has 2 aromatic rings. The SMILES string of the molecule is CCNC(=NCc1ccc(CN2CCCCC2)cc1)NCc1cccs1.I. The molecule has 1 aromatic heterocycles. The van der Waals surface area contributed by atoms with Crippen LogP contribution in [0.5, 0.6) is 0 Å². The van der Waals surface area contributed by atoms with Gasteiger partial charge in [0.25, 0.3) is 0 Å². The first-order chi connectivity index (χ1) is 12.8. The standard InChI is InChI=1S/C21H30N4S.HI/c1-2-22-21(24-16-20-7-6-14-26-20)23-15-18-8-10-19(11-9-18)17-25-12-4-3-5-13-25;/h6-11,14H,2-5,12-13,15-17H2,1H3,(H2,22,23,24);1H. The number of hydrogen-bond acceptors (Lipinski definition) is 3. The molecule has 0 atom stereocenters. The molecule has 0 amide bonds. The van der Waals surface area contributed by atoms with Gasteiger partial charge in [0.2, 0.25) is 0 Å². The van der Waals surface area contributed by atoms with Crippen molar-refractivity contribution in [2.75, 3.05) is 19.6 Å². The number of nitrogens with one attached hydrogen (secondary N) is 2. The molecule has 0 radical (unpaired) electrons. The number of hydrogen-bond donors (Lipinski definition) is 2. The van der Waals surface area contributed by atoms with Crippen LogP contribution < -0.4 is 10.6 Å². The normalized spacial score (nSPS) is 15.2. The largest absolute Gasteiger partial charge is 0.357 e. The summed E-state index contributed by atoms with van der Waals surface area (Å²) in [5.41, 5.74) is 2.66. The molecule has 1 aliphatic rings. The molecule has 148 valence electrons. The van der Waals surface area contributed by atoms with Crippen LogP contribution in [0.15, 0.2) is 46.8 Å². The summed E-state index contributed by atoms with van der Waals surface area (Å²) in [5.74, 6) is 0.873. The second-order valence-corrected chi connectivity index (χ2v) is 7.81. The summed E-state index contributed by atoms with van der Waals surface area (Å²) in [5, 5.41) is 8.82. The van der Waals surface area contributed by atoms with E-state index < -0.39 is 0 Å². The fourth-order valence-corrected chi connectivity index (χ4v) is 3.87. The number of guanidine groups is 1. The molecule has 0 bridgehead atoms. The minimum Gasteiger partial charge on any atom is -0.357 e. The molecule has 1 aromatic carbocycles. The van der Waals surface area contributed by atoms with Crippen molar-refractivity contribution in [3.05, 3.63) is 57.8 Å². The van der Waals surface area contributed by atoms with Gasteiger partial charge in [0.05, 0.1) is 13.1 Å². The van der Waals surface area contributed by atoms with E-state index in [1.54, 1.807) is 11.3 Å². The maximum Gasteiger partial charge on any atom is 0.191 e. The Kier molecular flexibility index (Phi) is 10.2. The highest BCUT2D eigenvalue weighted by Crippen LogP contribution is 2.14. The van der Waals surface area contributed by atoms with Gasteiger partial charge in [-0.3, -0.25) is 4.90 Å². The van der Waals surface area contributed by atoms with E-state index in [-0.39, 0.29) is 24.0 Å². The first kappa shape index (κ1) is 22.2. The number of halogens is 1. The highest BCUT2D eigenvalue weighted by molar-refractivity contribution is 14.0. The highest BCUT2D eigenvalue weighted by Gasteiger charge is 2.10. The number of benzene rings is 1. The zero-order valence-corrected chi connectivity index (χ0v) is 19.3. The maximum absolute atomic E-state index is 4.72. The van der Waals surface area contributed by atoms with Crippen molar-refractivity contribution < 1.29 is 0 Å². The number of likely N-dealkylation sites (tertiary alicyclic amines) is 1. The minimum absolute atomic E-state index is 0. The second kappa shape index (κ2) is 12.4. The molecule has 2 heterocycles. The number of nitrogens with zero attached hydrogens (tertiary/aromatic N) is 2. The van der Waals surface area contributed by atoms with Crippen molar-refractivity contribution in [3.8, 4) is 0 Å². The van der Waals surface area contributed by atoms with Gasteiger partial charge in [-0.25, -0.2) is 4.99 Å².